The summed E-state index contributed by atoms with van der Waals surface area (Å²) in [7, 11) is 0. The summed E-state index contributed by atoms with van der Waals surface area (Å²) in [5.74, 6) is -0.315. The fourth-order valence-electron chi connectivity index (χ4n) is 1.11. The van der Waals surface area contributed by atoms with Crippen LogP contribution in [0.15, 0.2) is 11.6 Å². The molecule has 0 aromatic carbocycles. The van der Waals surface area contributed by atoms with Crippen molar-refractivity contribution in [3.63, 3.8) is 0 Å². The fraction of sp³-hybridized carbons (Fsp3) is 0.286. The molecule has 0 spiro atoms. The van der Waals surface area contributed by atoms with E-state index in [1.165, 1.54) is 16.2 Å². The lowest BCUT2D eigenvalue weighted by Crippen LogP contribution is -2.34. The molecule has 0 aliphatic carbocycles. The number of urea groups is 1. The van der Waals surface area contributed by atoms with Crippen molar-refractivity contribution in [3.05, 3.63) is 16.6 Å². The summed E-state index contributed by atoms with van der Waals surface area (Å²) >= 11 is 1.24. The Balaban J connectivity index is 2.18. The van der Waals surface area contributed by atoms with Crippen LogP contribution in [-0.2, 0) is 0 Å². The number of amides is 3. The highest BCUT2D eigenvalue weighted by Crippen LogP contribution is 2.09. The lowest BCUT2D eigenvalue weighted by atomic mass is 10.5. The third-order valence-corrected chi connectivity index (χ3v) is 2.48. The minimum atomic E-state index is -0.333. The molecule has 1 aromatic heterocycles. The van der Waals surface area contributed by atoms with Gasteiger partial charge in [-0.1, -0.05) is 0 Å². The number of nitrogens with zero attached hydrogens (tertiary/aromatic N) is 2. The van der Waals surface area contributed by atoms with Crippen LogP contribution in [0, 0.1) is 0 Å². The van der Waals surface area contributed by atoms with Gasteiger partial charge in [-0.05, 0) is 0 Å². The molecule has 3 amide bonds. The zero-order chi connectivity index (χ0) is 9.26. The van der Waals surface area contributed by atoms with Gasteiger partial charge in [-0.15, -0.1) is 11.3 Å². The molecule has 2 heterocycles. The Hall–Kier alpha value is -1.43. The number of hydrogen-bond acceptors (Lipinski definition) is 4. The number of carbonyl (C=O) groups excluding carboxylic acids is 2. The molecule has 0 bridgehead atoms. The first-order valence-corrected chi connectivity index (χ1v) is 4.66. The van der Waals surface area contributed by atoms with Gasteiger partial charge in [0.2, 0.25) is 0 Å². The maximum absolute atomic E-state index is 11.5. The largest absolute Gasteiger partial charge is 0.336 e. The Kier molecular flexibility index (Phi) is 1.97. The first-order chi connectivity index (χ1) is 6.29. The predicted molar refractivity (Wildman–Crippen MR) is 46.5 cm³/mol. The Morgan fingerprint density at radius 2 is 2.54 bits per heavy atom. The quantitative estimate of drug-likeness (QED) is 0.704. The molecule has 1 aliphatic rings. The van der Waals surface area contributed by atoms with Crippen LogP contribution in [0.4, 0.5) is 4.79 Å². The van der Waals surface area contributed by atoms with E-state index in [-0.39, 0.29) is 11.9 Å². The molecule has 1 aliphatic heterocycles. The number of rotatable bonds is 1. The zero-order valence-electron chi connectivity index (χ0n) is 6.69. The Morgan fingerprint density at radius 1 is 1.69 bits per heavy atom. The topological polar surface area (TPSA) is 62.3 Å². The van der Waals surface area contributed by atoms with Crippen LogP contribution in [0.1, 0.15) is 9.80 Å². The first kappa shape index (κ1) is 8.18. The first-order valence-electron chi connectivity index (χ1n) is 3.78. The summed E-state index contributed by atoms with van der Waals surface area (Å²) in [4.78, 5) is 27.6. The molecule has 1 saturated heterocycles. The molecule has 6 heteroatoms. The van der Waals surface area contributed by atoms with E-state index in [1.54, 1.807) is 11.6 Å². The van der Waals surface area contributed by atoms with Gasteiger partial charge in [-0.25, -0.2) is 9.78 Å². The lowest BCUT2D eigenvalue weighted by molar-refractivity contribution is 0.0829. The second-order valence-corrected chi connectivity index (χ2v) is 3.42. The molecule has 13 heavy (non-hydrogen) atoms. The van der Waals surface area contributed by atoms with Crippen molar-refractivity contribution < 1.29 is 9.59 Å². The Morgan fingerprint density at radius 3 is 3.08 bits per heavy atom. The average molecular weight is 197 g/mol. The SMILES string of the molecule is O=C1NCCN1C(=O)c1nccs1. The van der Waals surface area contributed by atoms with E-state index in [9.17, 15) is 9.59 Å². The van der Waals surface area contributed by atoms with Gasteiger partial charge in [0.1, 0.15) is 0 Å². The molecular formula is C7H7N3O2S. The second kappa shape index (κ2) is 3.14. The number of hydrogen-bond donors (Lipinski definition) is 1. The van der Waals surface area contributed by atoms with E-state index in [1.807, 2.05) is 0 Å². The summed E-state index contributed by atoms with van der Waals surface area (Å²) in [6.45, 7) is 0.952. The summed E-state index contributed by atoms with van der Waals surface area (Å²) < 4.78 is 0. The number of thiazole rings is 1. The summed E-state index contributed by atoms with van der Waals surface area (Å²) in [5.41, 5.74) is 0. The third kappa shape index (κ3) is 1.40. The van der Waals surface area contributed by atoms with Crippen LogP contribution in [0.25, 0.3) is 0 Å². The summed E-state index contributed by atoms with van der Waals surface area (Å²) in [5, 5.41) is 4.62. The minimum absolute atomic E-state index is 0.315. The average Bonchev–Trinajstić information content (AvgIpc) is 2.72. The van der Waals surface area contributed by atoms with Gasteiger partial charge in [-0.2, -0.15) is 0 Å². The molecule has 0 radical (unpaired) electrons. The molecule has 1 N–H and O–H groups in total. The standard InChI is InChI=1S/C7H7N3O2S/c11-6(5-8-2-4-13-5)10-3-1-9-7(10)12/h2,4H,1,3H2,(H,9,12). The van der Waals surface area contributed by atoms with Gasteiger partial charge in [0.25, 0.3) is 5.91 Å². The van der Waals surface area contributed by atoms with Gasteiger partial charge in [0.05, 0.1) is 0 Å². The van der Waals surface area contributed by atoms with Crippen LogP contribution < -0.4 is 5.32 Å². The maximum Gasteiger partial charge on any atom is 0.324 e. The van der Waals surface area contributed by atoms with Crippen LogP contribution in [0.2, 0.25) is 0 Å². The molecule has 2 rings (SSSR count). The van der Waals surface area contributed by atoms with Crippen LogP contribution in [-0.4, -0.2) is 34.9 Å². The number of imide groups is 1. The number of carbonyl (C=O) groups is 2. The molecule has 0 atom stereocenters. The highest BCUT2D eigenvalue weighted by atomic mass is 32.1. The second-order valence-electron chi connectivity index (χ2n) is 2.53. The summed E-state index contributed by atoms with van der Waals surface area (Å²) in [6, 6.07) is -0.333. The number of aromatic nitrogens is 1. The highest BCUT2D eigenvalue weighted by molar-refractivity contribution is 7.11. The van der Waals surface area contributed by atoms with Gasteiger partial charge in [0, 0.05) is 24.7 Å². The molecule has 0 unspecified atom stereocenters. The van der Waals surface area contributed by atoms with Gasteiger partial charge < -0.3 is 5.32 Å². The molecule has 0 saturated carbocycles. The maximum atomic E-state index is 11.5. The molecule has 5 nitrogen and oxygen atoms in total. The van der Waals surface area contributed by atoms with Crippen molar-refractivity contribution in [2.45, 2.75) is 0 Å². The monoisotopic (exact) mass is 197 g/mol. The van der Waals surface area contributed by atoms with Crippen LogP contribution in [0.5, 0.6) is 0 Å². The lowest BCUT2D eigenvalue weighted by Gasteiger charge is -2.08. The van der Waals surface area contributed by atoms with Gasteiger partial charge in [0.15, 0.2) is 5.01 Å². The smallest absolute Gasteiger partial charge is 0.324 e. The number of nitrogens with one attached hydrogen (secondary N) is 1. The minimum Gasteiger partial charge on any atom is -0.336 e. The summed E-state index contributed by atoms with van der Waals surface area (Å²) in [6.07, 6.45) is 1.55. The van der Waals surface area contributed by atoms with Crippen molar-refractivity contribution >= 4 is 23.3 Å². The van der Waals surface area contributed by atoms with Gasteiger partial charge >= 0.3 is 6.03 Å². The fourth-order valence-corrected chi connectivity index (χ4v) is 1.69. The Bertz CT molecular complexity index is 336. The van der Waals surface area contributed by atoms with Crippen molar-refractivity contribution in [2.75, 3.05) is 13.1 Å². The predicted octanol–water partition coefficient (Wildman–Crippen LogP) is 0.308. The Labute approximate surface area is 78.4 Å². The molecule has 1 aromatic rings. The van der Waals surface area contributed by atoms with Crippen LogP contribution >= 0.6 is 11.3 Å². The van der Waals surface area contributed by atoms with E-state index in [2.05, 4.69) is 10.3 Å². The normalized spacial score (nSPS) is 16.0. The van der Waals surface area contributed by atoms with E-state index in [0.29, 0.717) is 18.1 Å². The molecule has 68 valence electrons. The molecule has 1 fully saturated rings. The van der Waals surface area contributed by atoms with Crippen molar-refractivity contribution in [1.29, 1.82) is 0 Å². The molecular weight excluding hydrogens is 190 g/mol. The van der Waals surface area contributed by atoms with Crippen LogP contribution in [0.3, 0.4) is 0 Å². The van der Waals surface area contributed by atoms with E-state index < -0.39 is 0 Å². The van der Waals surface area contributed by atoms with Gasteiger partial charge in [-0.3, -0.25) is 9.69 Å². The third-order valence-electron chi connectivity index (χ3n) is 1.72. The van der Waals surface area contributed by atoms with E-state index >= 15 is 0 Å². The van der Waals surface area contributed by atoms with E-state index in [4.69, 9.17) is 0 Å². The van der Waals surface area contributed by atoms with E-state index in [0.717, 1.165) is 0 Å². The zero-order valence-corrected chi connectivity index (χ0v) is 7.50. The van der Waals surface area contributed by atoms with Crippen molar-refractivity contribution in [3.8, 4) is 0 Å². The van der Waals surface area contributed by atoms with Crippen molar-refractivity contribution in [1.82, 2.24) is 15.2 Å². The highest BCUT2D eigenvalue weighted by Gasteiger charge is 2.28. The van der Waals surface area contributed by atoms with Crippen molar-refractivity contribution in [2.24, 2.45) is 0 Å².